The van der Waals surface area contributed by atoms with E-state index < -0.39 is 6.04 Å². The molecule has 2 heterocycles. The van der Waals surface area contributed by atoms with E-state index in [9.17, 15) is 0 Å². The number of aromatic nitrogens is 4. The molecule has 0 saturated heterocycles. The van der Waals surface area contributed by atoms with Gasteiger partial charge in [0.15, 0.2) is 5.82 Å². The minimum Gasteiger partial charge on any atom is -0.316 e. The maximum absolute atomic E-state index is 6.21. The first-order chi connectivity index (χ1) is 9.36. The molecule has 0 spiro atoms. The Balaban J connectivity index is 2.01. The van der Waals surface area contributed by atoms with Gasteiger partial charge in [0.1, 0.15) is 6.04 Å². The molecule has 0 radical (unpaired) electrons. The average Bonchev–Trinajstić information content (AvgIpc) is 2.98. The molecule has 0 fully saturated rings. The van der Waals surface area contributed by atoms with Gasteiger partial charge in [0.25, 0.3) is 0 Å². The normalized spacial score (nSPS) is 12.3. The molecular formula is C14H13N5. The van der Waals surface area contributed by atoms with E-state index in [4.69, 9.17) is 5.73 Å². The van der Waals surface area contributed by atoms with Crippen molar-refractivity contribution in [2.45, 2.75) is 6.04 Å². The Morgan fingerprint density at radius 2 is 1.63 bits per heavy atom. The van der Waals surface area contributed by atoms with Crippen molar-refractivity contribution in [3.8, 4) is 5.69 Å². The lowest BCUT2D eigenvalue weighted by Gasteiger charge is -2.12. The average molecular weight is 251 g/mol. The van der Waals surface area contributed by atoms with Crippen molar-refractivity contribution < 1.29 is 0 Å². The molecule has 0 aliphatic heterocycles. The predicted molar refractivity (Wildman–Crippen MR) is 71.6 cm³/mol. The highest BCUT2D eigenvalue weighted by atomic mass is 15.3. The zero-order valence-corrected chi connectivity index (χ0v) is 10.2. The summed E-state index contributed by atoms with van der Waals surface area (Å²) in [7, 11) is 0. The van der Waals surface area contributed by atoms with Gasteiger partial charge < -0.3 is 5.73 Å². The molecule has 1 unspecified atom stereocenters. The van der Waals surface area contributed by atoms with Crippen LogP contribution in [0.3, 0.4) is 0 Å². The van der Waals surface area contributed by atoms with Crippen LogP contribution in [-0.4, -0.2) is 19.7 Å². The van der Waals surface area contributed by atoms with Gasteiger partial charge in [-0.1, -0.05) is 18.2 Å². The lowest BCUT2D eigenvalue weighted by molar-refractivity contribution is 0.700. The van der Waals surface area contributed by atoms with Crippen molar-refractivity contribution in [3.63, 3.8) is 0 Å². The van der Waals surface area contributed by atoms with Crippen LogP contribution < -0.4 is 5.73 Å². The van der Waals surface area contributed by atoms with E-state index in [1.807, 2.05) is 36.4 Å². The van der Waals surface area contributed by atoms with Crippen molar-refractivity contribution in [1.82, 2.24) is 19.7 Å². The Bertz CT molecular complexity index is 648. The van der Waals surface area contributed by atoms with Crippen molar-refractivity contribution in [2.24, 2.45) is 5.73 Å². The molecule has 0 bridgehead atoms. The lowest BCUT2D eigenvalue weighted by Crippen LogP contribution is -2.19. The third-order valence-electron chi connectivity index (χ3n) is 2.86. The van der Waals surface area contributed by atoms with Gasteiger partial charge in [0.05, 0.1) is 11.4 Å². The van der Waals surface area contributed by atoms with Crippen LogP contribution in [0.4, 0.5) is 0 Å². The first-order valence-electron chi connectivity index (χ1n) is 5.98. The summed E-state index contributed by atoms with van der Waals surface area (Å²) in [5.41, 5.74) is 8.04. The molecule has 1 atom stereocenters. The zero-order valence-electron chi connectivity index (χ0n) is 10.2. The summed E-state index contributed by atoms with van der Waals surface area (Å²) in [6, 6.07) is 13.1. The van der Waals surface area contributed by atoms with Crippen LogP contribution in [0, 0.1) is 0 Å². The van der Waals surface area contributed by atoms with Gasteiger partial charge in [-0.3, -0.25) is 0 Å². The number of nitrogens with two attached hydrogens (primary N) is 1. The Kier molecular flexibility index (Phi) is 3.04. The molecule has 0 aliphatic carbocycles. The summed E-state index contributed by atoms with van der Waals surface area (Å²) < 4.78 is 1.81. The Morgan fingerprint density at radius 1 is 0.895 bits per heavy atom. The first-order valence-corrected chi connectivity index (χ1v) is 5.98. The smallest absolute Gasteiger partial charge is 0.150 e. The molecule has 5 heteroatoms. The Morgan fingerprint density at radius 3 is 2.37 bits per heavy atom. The quantitative estimate of drug-likeness (QED) is 0.769. The van der Waals surface area contributed by atoms with E-state index in [0.29, 0.717) is 5.82 Å². The third kappa shape index (κ3) is 2.23. The maximum atomic E-state index is 6.21. The van der Waals surface area contributed by atoms with Crippen molar-refractivity contribution in [2.75, 3.05) is 0 Å². The maximum Gasteiger partial charge on any atom is 0.150 e. The third-order valence-corrected chi connectivity index (χ3v) is 2.86. The molecule has 2 N–H and O–H groups in total. The second-order valence-electron chi connectivity index (χ2n) is 4.09. The minimum absolute atomic E-state index is 0.399. The highest BCUT2D eigenvalue weighted by Gasteiger charge is 2.16. The molecule has 94 valence electrons. The fraction of sp³-hybridized carbons (Fsp3) is 0.0714. The van der Waals surface area contributed by atoms with Gasteiger partial charge in [-0.05, 0) is 24.3 Å². The topological polar surface area (TPSA) is 69.6 Å². The van der Waals surface area contributed by atoms with E-state index in [-0.39, 0.29) is 0 Å². The minimum atomic E-state index is -0.399. The van der Waals surface area contributed by atoms with Gasteiger partial charge in [0.2, 0.25) is 0 Å². The van der Waals surface area contributed by atoms with Crippen molar-refractivity contribution >= 4 is 0 Å². The van der Waals surface area contributed by atoms with Crippen molar-refractivity contribution in [3.05, 3.63) is 72.6 Å². The van der Waals surface area contributed by atoms with Crippen LogP contribution in [0.1, 0.15) is 17.6 Å². The predicted octanol–water partition coefficient (Wildman–Crippen LogP) is 1.71. The summed E-state index contributed by atoms with van der Waals surface area (Å²) in [6.45, 7) is 0. The summed E-state index contributed by atoms with van der Waals surface area (Å²) in [4.78, 5) is 8.38. The monoisotopic (exact) mass is 251 g/mol. The van der Waals surface area contributed by atoms with E-state index in [1.54, 1.807) is 29.3 Å². The highest BCUT2D eigenvalue weighted by Crippen LogP contribution is 2.18. The second-order valence-corrected chi connectivity index (χ2v) is 4.09. The van der Waals surface area contributed by atoms with Crippen LogP contribution >= 0.6 is 0 Å². The van der Waals surface area contributed by atoms with E-state index in [1.165, 1.54) is 0 Å². The molecule has 2 aromatic heterocycles. The molecular weight excluding hydrogens is 238 g/mol. The van der Waals surface area contributed by atoms with Crippen molar-refractivity contribution in [1.29, 1.82) is 0 Å². The van der Waals surface area contributed by atoms with Crippen LogP contribution in [-0.2, 0) is 0 Å². The summed E-state index contributed by atoms with van der Waals surface area (Å²) in [5.74, 6) is 0.584. The van der Waals surface area contributed by atoms with E-state index >= 15 is 0 Å². The summed E-state index contributed by atoms with van der Waals surface area (Å²) >= 11 is 0. The van der Waals surface area contributed by atoms with Crippen LogP contribution in [0.15, 0.2) is 61.1 Å². The van der Waals surface area contributed by atoms with Gasteiger partial charge in [-0.2, -0.15) is 5.10 Å². The van der Waals surface area contributed by atoms with Gasteiger partial charge in [-0.25, -0.2) is 14.6 Å². The molecule has 3 aromatic rings. The Labute approximate surface area is 110 Å². The summed E-state index contributed by atoms with van der Waals surface area (Å²) in [5, 5.41) is 4.31. The molecule has 0 aliphatic rings. The van der Waals surface area contributed by atoms with Crippen LogP contribution in [0.2, 0.25) is 0 Å². The fourth-order valence-corrected chi connectivity index (χ4v) is 1.94. The standard InChI is InChI=1S/C14H13N5/c15-13(14-16-8-4-9-17-14)12-7-10-18-19(12)11-5-2-1-3-6-11/h1-10,13H,15H2. The molecule has 0 amide bonds. The number of nitrogens with zero attached hydrogens (tertiary/aromatic N) is 4. The highest BCUT2D eigenvalue weighted by molar-refractivity contribution is 5.34. The lowest BCUT2D eigenvalue weighted by atomic mass is 10.2. The molecule has 0 saturated carbocycles. The molecule has 5 nitrogen and oxygen atoms in total. The van der Waals surface area contributed by atoms with E-state index in [2.05, 4.69) is 15.1 Å². The zero-order chi connectivity index (χ0) is 13.1. The van der Waals surface area contributed by atoms with Crippen LogP contribution in [0.25, 0.3) is 5.69 Å². The molecule has 1 aromatic carbocycles. The Hall–Kier alpha value is -2.53. The number of para-hydroxylation sites is 1. The van der Waals surface area contributed by atoms with Crippen LogP contribution in [0.5, 0.6) is 0 Å². The van der Waals surface area contributed by atoms with Gasteiger partial charge in [0, 0.05) is 18.6 Å². The number of rotatable bonds is 3. The molecule has 19 heavy (non-hydrogen) atoms. The molecule has 3 rings (SSSR count). The second kappa shape index (κ2) is 4.99. The number of benzene rings is 1. The SMILES string of the molecule is NC(c1ncccn1)c1ccnn1-c1ccccc1. The van der Waals surface area contributed by atoms with Gasteiger partial charge in [-0.15, -0.1) is 0 Å². The van der Waals surface area contributed by atoms with E-state index in [0.717, 1.165) is 11.4 Å². The number of hydrogen-bond acceptors (Lipinski definition) is 4. The van der Waals surface area contributed by atoms with Gasteiger partial charge >= 0.3 is 0 Å². The largest absolute Gasteiger partial charge is 0.316 e. The number of hydrogen-bond donors (Lipinski definition) is 1. The fourth-order valence-electron chi connectivity index (χ4n) is 1.94. The summed E-state index contributed by atoms with van der Waals surface area (Å²) in [6.07, 6.45) is 5.10. The first kappa shape index (κ1) is 11.6.